The van der Waals surface area contributed by atoms with Crippen LogP contribution in [0.3, 0.4) is 0 Å². The number of hydrogen-bond acceptors (Lipinski definition) is 2. The predicted molar refractivity (Wildman–Crippen MR) is 79.0 cm³/mol. The summed E-state index contributed by atoms with van der Waals surface area (Å²) in [7, 11) is 0. The summed E-state index contributed by atoms with van der Waals surface area (Å²) in [6.45, 7) is 2.35. The van der Waals surface area contributed by atoms with Crippen LogP contribution < -0.4 is 10.6 Å². The lowest BCUT2D eigenvalue weighted by atomic mass is 10.2. The number of aryl methyl sites for hydroxylation is 1. The highest BCUT2D eigenvalue weighted by molar-refractivity contribution is 9.10. The van der Waals surface area contributed by atoms with E-state index in [9.17, 15) is 4.79 Å². The first kappa shape index (κ1) is 13.5. The molecule has 0 saturated carbocycles. The third-order valence-electron chi connectivity index (χ3n) is 2.59. The molecule has 1 aromatic heterocycles. The van der Waals surface area contributed by atoms with Crippen LogP contribution in [0.5, 0.6) is 0 Å². The van der Waals surface area contributed by atoms with Gasteiger partial charge in [0.1, 0.15) is 0 Å². The van der Waals surface area contributed by atoms with Gasteiger partial charge in [-0.3, -0.25) is 4.98 Å². The van der Waals surface area contributed by atoms with Crippen LogP contribution in [0.4, 0.5) is 10.5 Å². The van der Waals surface area contributed by atoms with Crippen LogP contribution >= 0.6 is 15.9 Å². The number of benzene rings is 1. The summed E-state index contributed by atoms with van der Waals surface area (Å²) in [4.78, 5) is 15.9. The van der Waals surface area contributed by atoms with E-state index in [0.29, 0.717) is 6.54 Å². The molecule has 0 aliphatic rings. The molecule has 5 heteroatoms. The van der Waals surface area contributed by atoms with Gasteiger partial charge < -0.3 is 10.6 Å². The molecule has 0 unspecified atom stereocenters. The van der Waals surface area contributed by atoms with E-state index in [4.69, 9.17) is 0 Å². The van der Waals surface area contributed by atoms with Crippen molar-refractivity contribution >= 4 is 27.6 Å². The maximum Gasteiger partial charge on any atom is 0.319 e. The van der Waals surface area contributed by atoms with E-state index in [1.54, 1.807) is 6.20 Å². The van der Waals surface area contributed by atoms with Gasteiger partial charge in [-0.25, -0.2) is 4.79 Å². The number of carbonyl (C=O) groups is 1. The quantitative estimate of drug-likeness (QED) is 0.910. The molecule has 2 rings (SSSR count). The Morgan fingerprint density at radius 2 is 2.16 bits per heavy atom. The molecule has 0 fully saturated rings. The lowest BCUT2D eigenvalue weighted by Gasteiger charge is -2.10. The number of pyridine rings is 1. The Morgan fingerprint density at radius 3 is 2.84 bits per heavy atom. The van der Waals surface area contributed by atoms with Crippen molar-refractivity contribution in [3.8, 4) is 0 Å². The zero-order valence-corrected chi connectivity index (χ0v) is 12.1. The smallest absolute Gasteiger partial charge is 0.319 e. The van der Waals surface area contributed by atoms with Crippen LogP contribution in [0.25, 0.3) is 0 Å². The Labute approximate surface area is 120 Å². The molecule has 19 heavy (non-hydrogen) atoms. The van der Waals surface area contributed by atoms with E-state index in [0.717, 1.165) is 21.4 Å². The molecule has 2 amide bonds. The van der Waals surface area contributed by atoms with Crippen molar-refractivity contribution in [1.82, 2.24) is 10.3 Å². The number of aromatic nitrogens is 1. The first-order chi connectivity index (χ1) is 9.15. The molecule has 0 radical (unpaired) electrons. The fourth-order valence-electron chi connectivity index (χ4n) is 1.61. The first-order valence-electron chi connectivity index (χ1n) is 5.86. The fraction of sp³-hybridized carbons (Fsp3) is 0.143. The van der Waals surface area contributed by atoms with Gasteiger partial charge in [-0.2, -0.15) is 0 Å². The van der Waals surface area contributed by atoms with E-state index < -0.39 is 0 Å². The Bertz CT molecular complexity index is 572. The Kier molecular flexibility index (Phi) is 4.52. The van der Waals surface area contributed by atoms with Crippen LogP contribution in [-0.4, -0.2) is 11.0 Å². The summed E-state index contributed by atoms with van der Waals surface area (Å²) >= 11 is 3.39. The average Bonchev–Trinajstić information content (AvgIpc) is 2.41. The number of rotatable bonds is 3. The second-order valence-corrected chi connectivity index (χ2v) is 5.00. The minimum Gasteiger partial charge on any atom is -0.332 e. The molecule has 1 heterocycles. The van der Waals surface area contributed by atoms with Crippen molar-refractivity contribution in [3.63, 3.8) is 0 Å². The molecule has 0 aliphatic heterocycles. The van der Waals surface area contributed by atoms with E-state index in [2.05, 4.69) is 31.5 Å². The fourth-order valence-corrected chi connectivity index (χ4v) is 2.08. The number of amides is 2. The molecule has 4 nitrogen and oxygen atoms in total. The van der Waals surface area contributed by atoms with Gasteiger partial charge in [0.15, 0.2) is 0 Å². The minimum absolute atomic E-state index is 0.240. The van der Waals surface area contributed by atoms with Crippen molar-refractivity contribution < 1.29 is 4.79 Å². The highest BCUT2D eigenvalue weighted by atomic mass is 79.9. The van der Waals surface area contributed by atoms with Crippen molar-refractivity contribution in [1.29, 1.82) is 0 Å². The molecule has 98 valence electrons. The van der Waals surface area contributed by atoms with E-state index >= 15 is 0 Å². The SMILES string of the molecule is Cc1cc(Br)ccc1NC(=O)NCc1ccccn1. The average molecular weight is 320 g/mol. The maximum absolute atomic E-state index is 11.8. The summed E-state index contributed by atoms with van der Waals surface area (Å²) in [5.74, 6) is 0. The molecule has 0 spiro atoms. The zero-order valence-electron chi connectivity index (χ0n) is 10.5. The van der Waals surface area contributed by atoms with E-state index in [1.165, 1.54) is 0 Å². The number of anilines is 1. The van der Waals surface area contributed by atoms with Gasteiger partial charge in [0.05, 0.1) is 12.2 Å². The molecule has 2 aromatic rings. The van der Waals surface area contributed by atoms with Crippen LogP contribution in [-0.2, 0) is 6.54 Å². The summed E-state index contributed by atoms with van der Waals surface area (Å²) in [5.41, 5.74) is 2.62. The molecule has 0 aliphatic carbocycles. The van der Waals surface area contributed by atoms with Gasteiger partial charge in [-0.05, 0) is 42.8 Å². The lowest BCUT2D eigenvalue weighted by molar-refractivity contribution is 0.251. The first-order valence-corrected chi connectivity index (χ1v) is 6.65. The van der Waals surface area contributed by atoms with Gasteiger partial charge in [0.2, 0.25) is 0 Å². The highest BCUT2D eigenvalue weighted by Crippen LogP contribution is 2.19. The molecule has 0 saturated heterocycles. The van der Waals surface area contributed by atoms with Crippen LogP contribution in [0.2, 0.25) is 0 Å². The number of nitrogens with one attached hydrogen (secondary N) is 2. The number of nitrogens with zero attached hydrogens (tertiary/aromatic N) is 1. The Balaban J connectivity index is 1.91. The number of urea groups is 1. The van der Waals surface area contributed by atoms with E-state index in [1.807, 2.05) is 43.3 Å². The number of halogens is 1. The van der Waals surface area contributed by atoms with Gasteiger partial charge >= 0.3 is 6.03 Å². The van der Waals surface area contributed by atoms with Gasteiger partial charge in [0.25, 0.3) is 0 Å². The molecular formula is C14H14BrN3O. The largest absolute Gasteiger partial charge is 0.332 e. The second-order valence-electron chi connectivity index (χ2n) is 4.09. The maximum atomic E-state index is 11.8. The lowest BCUT2D eigenvalue weighted by Crippen LogP contribution is -2.28. The predicted octanol–water partition coefficient (Wildman–Crippen LogP) is 3.47. The van der Waals surface area contributed by atoms with Crippen LogP contribution in [0.15, 0.2) is 47.1 Å². The molecular weight excluding hydrogens is 306 g/mol. The third kappa shape index (κ3) is 4.06. The molecule has 0 atom stereocenters. The molecule has 0 bridgehead atoms. The monoisotopic (exact) mass is 319 g/mol. The number of carbonyl (C=O) groups excluding carboxylic acids is 1. The summed E-state index contributed by atoms with van der Waals surface area (Å²) in [5, 5.41) is 5.57. The van der Waals surface area contributed by atoms with Gasteiger partial charge in [-0.15, -0.1) is 0 Å². The summed E-state index contributed by atoms with van der Waals surface area (Å²) in [6.07, 6.45) is 1.70. The molecule has 1 aromatic carbocycles. The van der Waals surface area contributed by atoms with Crippen LogP contribution in [0.1, 0.15) is 11.3 Å². The second kappa shape index (κ2) is 6.33. The summed E-state index contributed by atoms with van der Waals surface area (Å²) in [6, 6.07) is 11.1. The standard InChI is InChI=1S/C14H14BrN3O/c1-10-8-11(15)5-6-13(10)18-14(19)17-9-12-4-2-3-7-16-12/h2-8H,9H2,1H3,(H2,17,18,19). The van der Waals surface area contributed by atoms with Crippen molar-refractivity contribution in [2.45, 2.75) is 13.5 Å². The summed E-state index contributed by atoms with van der Waals surface area (Å²) < 4.78 is 0.990. The van der Waals surface area contributed by atoms with E-state index in [-0.39, 0.29) is 6.03 Å². The van der Waals surface area contributed by atoms with Gasteiger partial charge in [0, 0.05) is 16.4 Å². The van der Waals surface area contributed by atoms with Crippen LogP contribution in [0, 0.1) is 6.92 Å². The Hall–Kier alpha value is -1.88. The van der Waals surface area contributed by atoms with Crippen molar-refractivity contribution in [2.75, 3.05) is 5.32 Å². The van der Waals surface area contributed by atoms with Gasteiger partial charge in [-0.1, -0.05) is 22.0 Å². The van der Waals surface area contributed by atoms with Crippen molar-refractivity contribution in [3.05, 3.63) is 58.3 Å². The minimum atomic E-state index is -0.240. The molecule has 2 N–H and O–H groups in total. The number of hydrogen-bond donors (Lipinski definition) is 2. The third-order valence-corrected chi connectivity index (χ3v) is 3.09. The van der Waals surface area contributed by atoms with Crippen molar-refractivity contribution in [2.24, 2.45) is 0 Å². The normalized spacial score (nSPS) is 10.0. The topological polar surface area (TPSA) is 54.0 Å². The zero-order chi connectivity index (χ0) is 13.7. The Morgan fingerprint density at radius 1 is 1.32 bits per heavy atom. The highest BCUT2D eigenvalue weighted by Gasteiger charge is 2.04.